The van der Waals surface area contributed by atoms with Crippen molar-refractivity contribution in [3.05, 3.63) is 68.8 Å². The number of benzene rings is 2. The van der Waals surface area contributed by atoms with Gasteiger partial charge in [0.15, 0.2) is 0 Å². The van der Waals surface area contributed by atoms with Crippen molar-refractivity contribution < 1.29 is 0 Å². The third-order valence-corrected chi connectivity index (χ3v) is 6.95. The Hall–Kier alpha value is -1.56. The van der Waals surface area contributed by atoms with Crippen LogP contribution >= 0.6 is 0 Å². The molecule has 0 saturated carbocycles. The molecule has 0 saturated heterocycles. The van der Waals surface area contributed by atoms with Crippen molar-refractivity contribution >= 4 is 0 Å². The summed E-state index contributed by atoms with van der Waals surface area (Å²) in [5.74, 6) is 3.41. The molecular weight excluding hydrogens is 384 g/mol. The van der Waals surface area contributed by atoms with Crippen molar-refractivity contribution in [1.29, 1.82) is 0 Å². The summed E-state index contributed by atoms with van der Waals surface area (Å²) in [6.45, 7) is 28.2. The Morgan fingerprint density at radius 1 is 0.375 bits per heavy atom. The molecule has 0 heterocycles. The molecular formula is C32H50. The Morgan fingerprint density at radius 2 is 0.594 bits per heavy atom. The molecule has 0 aliphatic carbocycles. The summed E-state index contributed by atoms with van der Waals surface area (Å²) < 4.78 is 0. The van der Waals surface area contributed by atoms with Crippen molar-refractivity contribution in [3.8, 4) is 0 Å². The normalized spacial score (nSPS) is 12.4. The first-order valence-electron chi connectivity index (χ1n) is 13.2. The van der Waals surface area contributed by atoms with Gasteiger partial charge in [-0.05, 0) is 92.9 Å². The summed E-state index contributed by atoms with van der Waals surface area (Å²) >= 11 is 0. The van der Waals surface area contributed by atoms with E-state index in [4.69, 9.17) is 0 Å². The molecule has 2 aromatic carbocycles. The fourth-order valence-electron chi connectivity index (χ4n) is 5.35. The first-order valence-corrected chi connectivity index (χ1v) is 13.2. The van der Waals surface area contributed by atoms with Crippen molar-refractivity contribution in [2.24, 2.45) is 0 Å². The molecule has 0 nitrogen and oxygen atoms in total. The predicted octanol–water partition coefficient (Wildman–Crippen LogP) is 10.2. The van der Waals surface area contributed by atoms with Crippen LogP contribution in [0, 0.1) is 0 Å². The summed E-state index contributed by atoms with van der Waals surface area (Å²) in [7, 11) is 0. The lowest BCUT2D eigenvalue weighted by atomic mass is 9.80. The van der Waals surface area contributed by atoms with Gasteiger partial charge in [-0.1, -0.05) is 107 Å². The van der Waals surface area contributed by atoms with Crippen LogP contribution < -0.4 is 0 Å². The van der Waals surface area contributed by atoms with E-state index in [2.05, 4.69) is 107 Å². The van der Waals surface area contributed by atoms with Gasteiger partial charge in [-0.3, -0.25) is 0 Å². The van der Waals surface area contributed by atoms with Gasteiger partial charge in [-0.15, -0.1) is 0 Å². The van der Waals surface area contributed by atoms with Crippen molar-refractivity contribution in [2.45, 2.75) is 131 Å². The lowest BCUT2D eigenvalue weighted by Gasteiger charge is -2.25. The molecule has 0 bridgehead atoms. The smallest absolute Gasteiger partial charge is 0.0213 e. The van der Waals surface area contributed by atoms with Gasteiger partial charge < -0.3 is 0 Å². The van der Waals surface area contributed by atoms with E-state index < -0.39 is 0 Å². The molecule has 0 amide bonds. The highest BCUT2D eigenvalue weighted by Crippen LogP contribution is 2.37. The molecule has 0 fully saturated rings. The minimum Gasteiger partial charge on any atom is -0.0587 e. The average Bonchev–Trinajstić information content (AvgIpc) is 2.69. The molecule has 0 aliphatic rings. The Kier molecular flexibility index (Phi) is 9.21. The minimum absolute atomic E-state index is 0.565. The largest absolute Gasteiger partial charge is 0.0587 e. The van der Waals surface area contributed by atoms with E-state index >= 15 is 0 Å². The summed E-state index contributed by atoms with van der Waals surface area (Å²) in [6.07, 6.45) is 2.24. The predicted molar refractivity (Wildman–Crippen MR) is 145 cm³/mol. The minimum atomic E-state index is 0.565. The van der Waals surface area contributed by atoms with Crippen LogP contribution in [-0.2, 0) is 12.8 Å². The van der Waals surface area contributed by atoms with E-state index in [0.29, 0.717) is 35.5 Å². The summed E-state index contributed by atoms with van der Waals surface area (Å²) in [5.41, 5.74) is 12.4. The van der Waals surface area contributed by atoms with E-state index in [1.165, 1.54) is 11.1 Å². The lowest BCUT2D eigenvalue weighted by Crippen LogP contribution is -2.09. The van der Waals surface area contributed by atoms with E-state index in [1.54, 1.807) is 33.4 Å². The summed E-state index contributed by atoms with van der Waals surface area (Å²) in [5, 5.41) is 0. The zero-order valence-electron chi connectivity index (χ0n) is 23.2. The SMILES string of the molecule is CC(C)c1cc(CCc2cc(C(C)C)c(C(C)C)c(C(C)C)c2)cc(C(C)C)c1C(C)C. The Bertz CT molecular complexity index is 757. The zero-order chi connectivity index (χ0) is 24.3. The number of aryl methyl sites for hydroxylation is 2. The quantitative estimate of drug-likeness (QED) is 0.368. The number of hydrogen-bond acceptors (Lipinski definition) is 0. The molecule has 0 N–H and O–H groups in total. The standard InChI is InChI=1S/C32H50/c1-19(2)27-15-25(16-28(20(3)4)31(27)23(9)10)13-14-26-17-29(21(5)6)32(24(11)12)30(18-26)22(7)8/h15-24H,13-14H2,1-12H3. The van der Waals surface area contributed by atoms with E-state index in [-0.39, 0.29) is 0 Å². The maximum atomic E-state index is 2.51. The maximum absolute atomic E-state index is 2.51. The molecule has 0 heteroatoms. The Balaban J connectivity index is 2.50. The van der Waals surface area contributed by atoms with Gasteiger partial charge in [-0.25, -0.2) is 0 Å². The molecule has 0 radical (unpaired) electrons. The third kappa shape index (κ3) is 6.06. The van der Waals surface area contributed by atoms with Crippen LogP contribution in [-0.4, -0.2) is 0 Å². The van der Waals surface area contributed by atoms with Gasteiger partial charge >= 0.3 is 0 Å². The molecule has 32 heavy (non-hydrogen) atoms. The average molecular weight is 435 g/mol. The highest BCUT2D eigenvalue weighted by Gasteiger charge is 2.20. The molecule has 2 aromatic rings. The number of rotatable bonds is 9. The fourth-order valence-corrected chi connectivity index (χ4v) is 5.35. The summed E-state index contributed by atoms with van der Waals surface area (Å²) in [6, 6.07) is 10.1. The van der Waals surface area contributed by atoms with E-state index in [0.717, 1.165) is 12.8 Å². The van der Waals surface area contributed by atoms with E-state index in [1.807, 2.05) is 0 Å². The van der Waals surface area contributed by atoms with Gasteiger partial charge in [0.1, 0.15) is 0 Å². The van der Waals surface area contributed by atoms with Gasteiger partial charge in [0.2, 0.25) is 0 Å². The Labute approximate surface area is 200 Å². The molecule has 0 aliphatic heterocycles. The van der Waals surface area contributed by atoms with Crippen LogP contribution in [0.4, 0.5) is 0 Å². The van der Waals surface area contributed by atoms with Gasteiger partial charge in [0.05, 0.1) is 0 Å². The second-order valence-corrected chi connectivity index (χ2v) is 11.8. The number of hydrogen-bond donors (Lipinski definition) is 0. The van der Waals surface area contributed by atoms with Crippen LogP contribution in [0.1, 0.15) is 163 Å². The second-order valence-electron chi connectivity index (χ2n) is 11.8. The fraction of sp³-hybridized carbons (Fsp3) is 0.625. The molecule has 0 unspecified atom stereocenters. The van der Waals surface area contributed by atoms with Gasteiger partial charge in [0.25, 0.3) is 0 Å². The third-order valence-electron chi connectivity index (χ3n) is 6.95. The monoisotopic (exact) mass is 434 g/mol. The lowest BCUT2D eigenvalue weighted by molar-refractivity contribution is 0.738. The maximum Gasteiger partial charge on any atom is -0.0213 e. The Morgan fingerprint density at radius 3 is 0.750 bits per heavy atom. The highest BCUT2D eigenvalue weighted by atomic mass is 14.2. The molecule has 0 spiro atoms. The van der Waals surface area contributed by atoms with Crippen LogP contribution in [0.5, 0.6) is 0 Å². The molecule has 178 valence electrons. The molecule has 0 atom stereocenters. The second kappa shape index (κ2) is 11.0. The van der Waals surface area contributed by atoms with Crippen molar-refractivity contribution in [3.63, 3.8) is 0 Å². The van der Waals surface area contributed by atoms with Crippen molar-refractivity contribution in [2.75, 3.05) is 0 Å². The molecule has 0 aromatic heterocycles. The van der Waals surface area contributed by atoms with E-state index in [9.17, 15) is 0 Å². The van der Waals surface area contributed by atoms with Crippen LogP contribution in [0.15, 0.2) is 24.3 Å². The highest BCUT2D eigenvalue weighted by molar-refractivity contribution is 5.46. The summed E-state index contributed by atoms with van der Waals surface area (Å²) in [4.78, 5) is 0. The zero-order valence-corrected chi connectivity index (χ0v) is 23.2. The molecule has 2 rings (SSSR count). The first kappa shape index (κ1) is 26.7. The van der Waals surface area contributed by atoms with Crippen molar-refractivity contribution in [1.82, 2.24) is 0 Å². The van der Waals surface area contributed by atoms with Gasteiger partial charge in [-0.2, -0.15) is 0 Å². The topological polar surface area (TPSA) is 0 Å². The first-order chi connectivity index (χ1) is 14.8. The van der Waals surface area contributed by atoms with Crippen LogP contribution in [0.3, 0.4) is 0 Å². The van der Waals surface area contributed by atoms with Crippen LogP contribution in [0.2, 0.25) is 0 Å². The van der Waals surface area contributed by atoms with Crippen LogP contribution in [0.25, 0.3) is 0 Å². The van der Waals surface area contributed by atoms with Gasteiger partial charge in [0, 0.05) is 0 Å².